The largest absolute Gasteiger partial charge is 0.493 e. The zero-order valence-corrected chi connectivity index (χ0v) is 18.4. The van der Waals surface area contributed by atoms with E-state index >= 15 is 0 Å². The summed E-state index contributed by atoms with van der Waals surface area (Å²) in [5.41, 5.74) is 4.95. The van der Waals surface area contributed by atoms with Gasteiger partial charge in [-0.25, -0.2) is 0 Å². The Bertz CT molecular complexity index is 968. The molecule has 0 aliphatic heterocycles. The van der Waals surface area contributed by atoms with E-state index in [4.69, 9.17) is 18.9 Å². The predicted molar refractivity (Wildman–Crippen MR) is 117 cm³/mol. The summed E-state index contributed by atoms with van der Waals surface area (Å²) in [6.45, 7) is 2.89. The lowest BCUT2D eigenvalue weighted by Gasteiger charge is -2.10. The van der Waals surface area contributed by atoms with Crippen LogP contribution in [0.25, 0.3) is 6.08 Å². The smallest absolute Gasteiger partial charge is 0.309 e. The van der Waals surface area contributed by atoms with Gasteiger partial charge in [0.1, 0.15) is 11.5 Å². The van der Waals surface area contributed by atoms with Crippen LogP contribution in [0.15, 0.2) is 54.2 Å². The first-order valence-electron chi connectivity index (χ1n) is 9.76. The maximum atomic E-state index is 11.1. The molecule has 0 radical (unpaired) electrons. The van der Waals surface area contributed by atoms with E-state index in [1.807, 2.05) is 19.1 Å². The van der Waals surface area contributed by atoms with Crippen LogP contribution in [0.4, 0.5) is 0 Å². The number of carboxylic acids is 1. The molecular weight excluding hydrogens is 422 g/mol. The van der Waals surface area contributed by atoms with E-state index in [1.54, 1.807) is 42.5 Å². The fraction of sp³-hybridized carbons (Fsp3) is 0.318. The molecule has 2 aromatic carbocycles. The molecule has 0 spiro atoms. The second kappa shape index (κ2) is 12.0. The standard InChI is InChI=1S/C22H27NO7S/c1-3-13-29-23-19(16-22(24)25)15-18-6-8-20(9-7-18)28-14-12-17-4-10-21(11-5-17)30-31(2,26)27/h4-11,15,23H,3,12-14,16H2,1-2H3,(H,24,25). The first kappa shape index (κ1) is 24.2. The maximum Gasteiger partial charge on any atom is 0.309 e. The summed E-state index contributed by atoms with van der Waals surface area (Å²) < 4.78 is 32.8. The number of hydrogen-bond acceptors (Lipinski definition) is 7. The fourth-order valence-corrected chi connectivity index (χ4v) is 3.02. The zero-order valence-electron chi connectivity index (χ0n) is 17.5. The lowest BCUT2D eigenvalue weighted by atomic mass is 10.1. The Labute approximate surface area is 182 Å². The van der Waals surface area contributed by atoms with Crippen molar-refractivity contribution >= 4 is 22.2 Å². The highest BCUT2D eigenvalue weighted by molar-refractivity contribution is 7.86. The topological polar surface area (TPSA) is 111 Å². The van der Waals surface area contributed by atoms with E-state index in [2.05, 4.69) is 5.48 Å². The number of carbonyl (C=O) groups is 1. The van der Waals surface area contributed by atoms with Gasteiger partial charge >= 0.3 is 16.1 Å². The Balaban J connectivity index is 1.87. The summed E-state index contributed by atoms with van der Waals surface area (Å²) in [6.07, 6.45) is 4.00. The molecule has 0 aromatic heterocycles. The third-order valence-corrected chi connectivity index (χ3v) is 4.40. The molecule has 9 heteroatoms. The summed E-state index contributed by atoms with van der Waals surface area (Å²) in [7, 11) is -3.54. The average Bonchev–Trinajstić information content (AvgIpc) is 2.69. The molecule has 2 aromatic rings. The number of nitrogens with one attached hydrogen (secondary N) is 1. The van der Waals surface area contributed by atoms with Gasteiger partial charge in [-0.15, -0.1) is 0 Å². The molecule has 0 saturated heterocycles. The SMILES string of the molecule is CCCONC(=Cc1ccc(OCCc2ccc(OS(C)(=O)=O)cc2)cc1)CC(=O)O. The van der Waals surface area contributed by atoms with Crippen molar-refractivity contribution in [2.24, 2.45) is 0 Å². The lowest BCUT2D eigenvalue weighted by molar-refractivity contribution is -0.136. The Morgan fingerprint density at radius 2 is 1.68 bits per heavy atom. The van der Waals surface area contributed by atoms with Gasteiger partial charge in [0.05, 0.1) is 25.9 Å². The molecule has 2 rings (SSSR count). The van der Waals surface area contributed by atoms with Crippen molar-refractivity contribution in [3.63, 3.8) is 0 Å². The molecule has 168 valence electrons. The fourth-order valence-electron chi connectivity index (χ4n) is 2.56. The van der Waals surface area contributed by atoms with Crippen LogP contribution in [0.3, 0.4) is 0 Å². The first-order chi connectivity index (χ1) is 14.7. The van der Waals surface area contributed by atoms with Gasteiger partial charge in [-0.05, 0) is 47.9 Å². The van der Waals surface area contributed by atoms with Crippen LogP contribution in [0, 0.1) is 0 Å². The van der Waals surface area contributed by atoms with Crippen molar-refractivity contribution in [2.75, 3.05) is 19.5 Å². The summed E-state index contributed by atoms with van der Waals surface area (Å²) in [5, 5.41) is 9.03. The minimum absolute atomic E-state index is 0.171. The minimum atomic E-state index is -3.54. The number of rotatable bonds is 13. The molecule has 31 heavy (non-hydrogen) atoms. The number of benzene rings is 2. The molecule has 0 aliphatic carbocycles. The van der Waals surface area contributed by atoms with Gasteiger partial charge in [0.15, 0.2) is 0 Å². The number of ether oxygens (including phenoxy) is 1. The van der Waals surface area contributed by atoms with Crippen LogP contribution >= 0.6 is 0 Å². The van der Waals surface area contributed by atoms with Crippen molar-refractivity contribution in [3.05, 3.63) is 65.4 Å². The van der Waals surface area contributed by atoms with E-state index in [9.17, 15) is 13.2 Å². The molecule has 0 atom stereocenters. The van der Waals surface area contributed by atoms with E-state index in [0.717, 1.165) is 23.8 Å². The van der Waals surface area contributed by atoms with Gasteiger partial charge < -0.3 is 14.0 Å². The Morgan fingerprint density at radius 3 is 2.26 bits per heavy atom. The second-order valence-corrected chi connectivity index (χ2v) is 8.36. The highest BCUT2D eigenvalue weighted by Crippen LogP contribution is 2.17. The molecule has 0 heterocycles. The molecular formula is C22H27NO7S. The molecule has 0 aliphatic rings. The Morgan fingerprint density at radius 1 is 1.03 bits per heavy atom. The van der Waals surface area contributed by atoms with Crippen LogP contribution < -0.4 is 14.4 Å². The summed E-state index contributed by atoms with van der Waals surface area (Å²) in [6, 6.07) is 14.0. The summed E-state index contributed by atoms with van der Waals surface area (Å²) in [5.74, 6) is 0.00605. The van der Waals surface area contributed by atoms with Gasteiger partial charge in [0.25, 0.3) is 0 Å². The second-order valence-electron chi connectivity index (χ2n) is 6.79. The van der Waals surface area contributed by atoms with Gasteiger partial charge in [-0.1, -0.05) is 31.2 Å². The highest BCUT2D eigenvalue weighted by Gasteiger charge is 2.06. The molecule has 0 fully saturated rings. The molecule has 0 saturated carbocycles. The third-order valence-electron chi connectivity index (χ3n) is 3.90. The quantitative estimate of drug-likeness (QED) is 0.272. The molecule has 0 amide bonds. The van der Waals surface area contributed by atoms with Gasteiger partial charge in [-0.3, -0.25) is 15.1 Å². The van der Waals surface area contributed by atoms with E-state index < -0.39 is 16.1 Å². The van der Waals surface area contributed by atoms with Crippen molar-refractivity contribution in [1.29, 1.82) is 0 Å². The molecule has 2 N–H and O–H groups in total. The average molecular weight is 450 g/mol. The lowest BCUT2D eigenvalue weighted by Crippen LogP contribution is -2.17. The van der Waals surface area contributed by atoms with E-state index in [0.29, 0.717) is 31.1 Å². The minimum Gasteiger partial charge on any atom is -0.493 e. The molecule has 0 bridgehead atoms. The third kappa shape index (κ3) is 10.0. The van der Waals surface area contributed by atoms with Gasteiger partial charge in [0.2, 0.25) is 0 Å². The van der Waals surface area contributed by atoms with Crippen molar-refractivity contribution in [1.82, 2.24) is 5.48 Å². The number of hydrogen-bond donors (Lipinski definition) is 2. The van der Waals surface area contributed by atoms with Crippen LogP contribution in [-0.4, -0.2) is 39.0 Å². The van der Waals surface area contributed by atoms with Gasteiger partial charge in [-0.2, -0.15) is 8.42 Å². The first-order valence-corrected chi connectivity index (χ1v) is 11.6. The number of carboxylic acid groups (broad SMARTS) is 1. The zero-order chi connectivity index (χ0) is 22.7. The predicted octanol–water partition coefficient (Wildman–Crippen LogP) is 3.39. The Kier molecular flexibility index (Phi) is 9.36. The van der Waals surface area contributed by atoms with Crippen LogP contribution in [0.2, 0.25) is 0 Å². The summed E-state index contributed by atoms with van der Waals surface area (Å²) in [4.78, 5) is 16.2. The monoisotopic (exact) mass is 449 g/mol. The molecule has 8 nitrogen and oxygen atoms in total. The number of hydroxylamine groups is 1. The Hall–Kier alpha value is -3.04. The van der Waals surface area contributed by atoms with Gasteiger partial charge in [0, 0.05) is 12.1 Å². The number of aliphatic carboxylic acids is 1. The summed E-state index contributed by atoms with van der Waals surface area (Å²) >= 11 is 0. The highest BCUT2D eigenvalue weighted by atomic mass is 32.2. The van der Waals surface area contributed by atoms with Crippen molar-refractivity contribution in [3.8, 4) is 11.5 Å². The normalized spacial score (nSPS) is 11.7. The van der Waals surface area contributed by atoms with Crippen molar-refractivity contribution in [2.45, 2.75) is 26.2 Å². The van der Waals surface area contributed by atoms with E-state index in [-0.39, 0.29) is 12.2 Å². The van der Waals surface area contributed by atoms with Crippen molar-refractivity contribution < 1.29 is 32.1 Å². The maximum absolute atomic E-state index is 11.1. The van der Waals surface area contributed by atoms with Crippen LogP contribution in [0.1, 0.15) is 30.9 Å². The van der Waals surface area contributed by atoms with Crippen LogP contribution in [-0.2, 0) is 26.2 Å². The molecule has 0 unspecified atom stereocenters. The van der Waals surface area contributed by atoms with E-state index in [1.165, 1.54) is 0 Å². The van der Waals surface area contributed by atoms with Crippen LogP contribution in [0.5, 0.6) is 11.5 Å².